The van der Waals surface area contributed by atoms with Crippen LogP contribution >= 0.6 is 0 Å². The van der Waals surface area contributed by atoms with Crippen LogP contribution in [0.15, 0.2) is 0 Å². The van der Waals surface area contributed by atoms with Crippen LogP contribution < -0.4 is 21.3 Å². The van der Waals surface area contributed by atoms with Gasteiger partial charge in [-0.2, -0.15) is 0 Å². The minimum absolute atomic E-state index is 0.0366. The molecule has 0 aliphatic rings. The first-order valence-electron chi connectivity index (χ1n) is 20.9. The minimum Gasteiger partial charge on any atom is -0.481 e. The second-order valence-electron chi connectivity index (χ2n) is 13.5. The molecule has 0 saturated heterocycles. The number of carboxylic acids is 3. The van der Waals surface area contributed by atoms with Gasteiger partial charge in [-0.05, 0) is 0 Å². The Labute approximate surface area is 368 Å². The van der Waals surface area contributed by atoms with Crippen molar-refractivity contribution in [1.29, 1.82) is 0 Å². The zero-order valence-corrected chi connectivity index (χ0v) is 36.3. The van der Waals surface area contributed by atoms with E-state index >= 15 is 0 Å². The Balaban J connectivity index is 4.43. The molecule has 0 saturated carbocycles. The van der Waals surface area contributed by atoms with Crippen molar-refractivity contribution < 1.29 is 87.5 Å². The largest absolute Gasteiger partial charge is 0.481 e. The van der Waals surface area contributed by atoms with Gasteiger partial charge in [0.25, 0.3) is 0 Å². The van der Waals surface area contributed by atoms with Crippen molar-refractivity contribution in [1.82, 2.24) is 36.0 Å². The number of aliphatic hydroxyl groups excluding tert-OH is 2. The molecule has 4 amide bonds. The molecular weight excluding hydrogens is 842 g/mol. The van der Waals surface area contributed by atoms with Gasteiger partial charge >= 0.3 is 17.9 Å². The predicted molar refractivity (Wildman–Crippen MR) is 222 cm³/mol. The number of hydrogen-bond acceptors (Lipinski definition) is 18. The van der Waals surface area contributed by atoms with Crippen molar-refractivity contribution in [3.05, 3.63) is 0 Å². The molecule has 0 aromatic carbocycles. The SMILES string of the molecule is O=C(O)CCC(=O)NCCOCCN(CCOCCO)CC(=O)NCCOCCN(CCOCCNC(=O)CN(CCOCCO)CCOCCNC(=O)CCC(=O)O)CC(=O)O. The zero-order chi connectivity index (χ0) is 46.8. The maximum atomic E-state index is 12.6. The van der Waals surface area contributed by atoms with Gasteiger partial charge in [0.1, 0.15) is 0 Å². The highest BCUT2D eigenvalue weighted by atomic mass is 16.5. The highest BCUT2D eigenvalue weighted by Crippen LogP contribution is 1.95. The lowest BCUT2D eigenvalue weighted by Crippen LogP contribution is -2.42. The van der Waals surface area contributed by atoms with Gasteiger partial charge in [0.2, 0.25) is 23.6 Å². The molecule has 0 atom stereocenters. The Morgan fingerprint density at radius 3 is 0.873 bits per heavy atom. The molecule has 0 bridgehead atoms. The van der Waals surface area contributed by atoms with E-state index in [-0.39, 0.29) is 201 Å². The van der Waals surface area contributed by atoms with Gasteiger partial charge < -0.3 is 75.2 Å². The van der Waals surface area contributed by atoms with E-state index in [0.717, 1.165) is 0 Å². The molecule has 25 heteroatoms. The highest BCUT2D eigenvalue weighted by Gasteiger charge is 2.14. The minimum atomic E-state index is -1.06. The summed E-state index contributed by atoms with van der Waals surface area (Å²) in [5, 5.41) is 55.2. The number of rotatable bonds is 46. The summed E-state index contributed by atoms with van der Waals surface area (Å²) in [6.45, 7) is 5.07. The molecule has 63 heavy (non-hydrogen) atoms. The summed E-state index contributed by atoms with van der Waals surface area (Å²) in [5.41, 5.74) is 0. The number of carbonyl (C=O) groups excluding carboxylic acids is 4. The van der Waals surface area contributed by atoms with Gasteiger partial charge in [-0.25, -0.2) is 0 Å². The summed E-state index contributed by atoms with van der Waals surface area (Å²) in [6, 6.07) is 0. The Morgan fingerprint density at radius 2 is 0.603 bits per heavy atom. The molecule has 0 heterocycles. The van der Waals surface area contributed by atoms with E-state index in [0.29, 0.717) is 26.2 Å². The van der Waals surface area contributed by atoms with Crippen molar-refractivity contribution in [2.24, 2.45) is 0 Å². The summed E-state index contributed by atoms with van der Waals surface area (Å²) < 4.78 is 32.9. The molecule has 0 fully saturated rings. The average Bonchev–Trinajstić information content (AvgIpc) is 3.23. The molecule has 366 valence electrons. The van der Waals surface area contributed by atoms with Gasteiger partial charge in [0.05, 0.1) is 125 Å². The third-order valence-corrected chi connectivity index (χ3v) is 8.28. The molecular formula is C38H71N7O18. The molecule has 0 aromatic heterocycles. The van der Waals surface area contributed by atoms with Gasteiger partial charge in [-0.15, -0.1) is 0 Å². The number of carbonyl (C=O) groups is 7. The molecule has 0 aliphatic carbocycles. The fourth-order valence-electron chi connectivity index (χ4n) is 5.09. The fraction of sp³-hybridized carbons (Fsp3) is 0.816. The number of hydrogen-bond donors (Lipinski definition) is 9. The lowest BCUT2D eigenvalue weighted by molar-refractivity contribution is -0.139. The monoisotopic (exact) mass is 913 g/mol. The van der Waals surface area contributed by atoms with Crippen LogP contribution in [0.3, 0.4) is 0 Å². The number of ether oxygens (including phenoxy) is 6. The second-order valence-corrected chi connectivity index (χ2v) is 13.5. The molecule has 0 rings (SSSR count). The van der Waals surface area contributed by atoms with E-state index < -0.39 is 17.9 Å². The average molecular weight is 914 g/mol. The van der Waals surface area contributed by atoms with Crippen LogP contribution in [0, 0.1) is 0 Å². The molecule has 9 N–H and O–H groups in total. The number of amides is 4. The van der Waals surface area contributed by atoms with Crippen molar-refractivity contribution >= 4 is 41.5 Å². The fourth-order valence-corrected chi connectivity index (χ4v) is 5.09. The summed E-state index contributed by atoms with van der Waals surface area (Å²) in [4.78, 5) is 86.2. The third kappa shape index (κ3) is 41.6. The highest BCUT2D eigenvalue weighted by molar-refractivity contribution is 5.81. The van der Waals surface area contributed by atoms with Crippen LogP contribution in [0.1, 0.15) is 25.7 Å². The summed E-state index contributed by atoms with van der Waals surface area (Å²) in [7, 11) is 0. The molecule has 0 unspecified atom stereocenters. The quantitative estimate of drug-likeness (QED) is 0.0259. The first-order chi connectivity index (χ1) is 30.4. The Morgan fingerprint density at radius 1 is 0.333 bits per heavy atom. The van der Waals surface area contributed by atoms with Crippen LogP contribution in [-0.4, -0.2) is 259 Å². The lowest BCUT2D eigenvalue weighted by Gasteiger charge is -2.22. The first-order valence-corrected chi connectivity index (χ1v) is 20.9. The lowest BCUT2D eigenvalue weighted by atomic mass is 10.3. The summed E-state index contributed by atoms with van der Waals surface area (Å²) in [5.74, 6) is -4.45. The molecule has 0 spiro atoms. The normalized spacial score (nSPS) is 11.3. The number of carboxylic acid groups (broad SMARTS) is 3. The predicted octanol–water partition coefficient (Wildman–Crippen LogP) is -4.74. The summed E-state index contributed by atoms with van der Waals surface area (Å²) >= 11 is 0. The Kier molecular flexibility index (Phi) is 39.1. The maximum absolute atomic E-state index is 12.6. The van der Waals surface area contributed by atoms with Crippen LogP contribution in [-0.2, 0) is 62.0 Å². The first kappa shape index (κ1) is 58.9. The molecule has 0 aromatic rings. The van der Waals surface area contributed by atoms with Gasteiger partial charge in [-0.3, -0.25) is 48.3 Å². The van der Waals surface area contributed by atoms with Crippen molar-refractivity contribution in [2.75, 3.05) is 178 Å². The van der Waals surface area contributed by atoms with Crippen LogP contribution in [0.5, 0.6) is 0 Å². The van der Waals surface area contributed by atoms with E-state index in [1.54, 1.807) is 14.7 Å². The second kappa shape index (κ2) is 41.8. The van der Waals surface area contributed by atoms with E-state index in [2.05, 4.69) is 21.3 Å². The number of nitrogens with zero attached hydrogens (tertiary/aromatic N) is 3. The smallest absolute Gasteiger partial charge is 0.317 e. The molecule has 0 aliphatic heterocycles. The molecule has 0 radical (unpaired) electrons. The zero-order valence-electron chi connectivity index (χ0n) is 36.3. The number of nitrogens with one attached hydrogen (secondary N) is 4. The third-order valence-electron chi connectivity index (χ3n) is 8.28. The van der Waals surface area contributed by atoms with E-state index in [4.69, 9.17) is 48.8 Å². The topological polar surface area (TPSA) is 334 Å². The van der Waals surface area contributed by atoms with E-state index in [1.807, 2.05) is 0 Å². The standard InChI is InChI=1S/C38H71N7O18/c46-15-27-62-25-11-43(9-21-58-17-5-39-32(48)1-3-36(52)53)29-34(50)41-7-19-60-23-13-45(31-38(56)57)14-24-61-20-8-42-35(51)30-44(12-26-63-28-16-47)10-22-59-18-6-40-33(49)2-4-37(54)55/h46-47H,1-31H2,(H,39,48)(H,40,49)(H,41,50)(H,42,51)(H,52,53)(H,54,55)(H,56,57). The van der Waals surface area contributed by atoms with Gasteiger partial charge in [0, 0.05) is 78.3 Å². The Hall–Kier alpha value is -4.15. The molecule has 25 nitrogen and oxygen atoms in total. The van der Waals surface area contributed by atoms with Gasteiger partial charge in [-0.1, -0.05) is 0 Å². The van der Waals surface area contributed by atoms with E-state index in [1.165, 1.54) is 0 Å². The maximum Gasteiger partial charge on any atom is 0.317 e. The van der Waals surface area contributed by atoms with Gasteiger partial charge in [0.15, 0.2) is 0 Å². The van der Waals surface area contributed by atoms with Crippen molar-refractivity contribution in [2.45, 2.75) is 25.7 Å². The van der Waals surface area contributed by atoms with E-state index in [9.17, 15) is 38.7 Å². The van der Waals surface area contributed by atoms with Crippen LogP contribution in [0.25, 0.3) is 0 Å². The van der Waals surface area contributed by atoms with Crippen molar-refractivity contribution in [3.8, 4) is 0 Å². The number of aliphatic hydroxyl groups is 2. The number of aliphatic carboxylic acids is 3. The van der Waals surface area contributed by atoms with Crippen LogP contribution in [0.2, 0.25) is 0 Å². The summed E-state index contributed by atoms with van der Waals surface area (Å²) in [6.07, 6.45) is -0.753. The van der Waals surface area contributed by atoms with Crippen LogP contribution in [0.4, 0.5) is 0 Å². The Bertz CT molecular complexity index is 1170. The van der Waals surface area contributed by atoms with Crippen molar-refractivity contribution in [3.63, 3.8) is 0 Å².